The molecule has 1 aromatic rings. The molecule has 0 heterocycles. The van der Waals surface area contributed by atoms with Crippen LogP contribution in [0.5, 0.6) is 0 Å². The van der Waals surface area contributed by atoms with Crippen molar-refractivity contribution in [2.24, 2.45) is 0 Å². The molecule has 2 nitrogen and oxygen atoms in total. The molecule has 0 spiro atoms. The number of methoxy groups -OCH3 is 1. The minimum Gasteiger partial charge on any atom is -0.468 e. The number of esters is 1. The Morgan fingerprint density at radius 2 is 1.83 bits per heavy atom. The SMILES string of the molecule is COC(=O)C(Cl)c1ccc(C2CCCCC2)cc1. The molecule has 18 heavy (non-hydrogen) atoms. The van der Waals surface area contributed by atoms with E-state index in [-0.39, 0.29) is 0 Å². The zero-order chi connectivity index (χ0) is 13.0. The minimum atomic E-state index is -0.699. The number of carbonyl (C=O) groups excluding carboxylic acids is 1. The molecule has 0 amide bonds. The average Bonchev–Trinajstić information content (AvgIpc) is 2.47. The van der Waals surface area contributed by atoms with Gasteiger partial charge in [0.25, 0.3) is 0 Å². The molecule has 1 aromatic carbocycles. The van der Waals surface area contributed by atoms with Gasteiger partial charge >= 0.3 is 5.97 Å². The van der Waals surface area contributed by atoms with Crippen molar-refractivity contribution in [3.05, 3.63) is 35.4 Å². The van der Waals surface area contributed by atoms with Gasteiger partial charge in [0.1, 0.15) is 0 Å². The lowest BCUT2D eigenvalue weighted by Crippen LogP contribution is -2.09. The summed E-state index contributed by atoms with van der Waals surface area (Å²) in [6.45, 7) is 0. The van der Waals surface area contributed by atoms with Crippen LogP contribution < -0.4 is 0 Å². The summed E-state index contributed by atoms with van der Waals surface area (Å²) in [5.74, 6) is 0.279. The highest BCUT2D eigenvalue weighted by Gasteiger charge is 2.19. The van der Waals surface area contributed by atoms with Gasteiger partial charge in [-0.15, -0.1) is 11.6 Å². The van der Waals surface area contributed by atoms with E-state index in [9.17, 15) is 4.79 Å². The van der Waals surface area contributed by atoms with E-state index in [1.54, 1.807) is 0 Å². The van der Waals surface area contributed by atoms with Crippen LogP contribution in [0.3, 0.4) is 0 Å². The Hall–Kier alpha value is -1.02. The monoisotopic (exact) mass is 266 g/mol. The van der Waals surface area contributed by atoms with Gasteiger partial charge in [-0.1, -0.05) is 43.5 Å². The first-order chi connectivity index (χ1) is 8.72. The van der Waals surface area contributed by atoms with Crippen LogP contribution in [0.1, 0.15) is 54.5 Å². The number of benzene rings is 1. The maximum Gasteiger partial charge on any atom is 0.328 e. The molecule has 1 aliphatic rings. The van der Waals surface area contributed by atoms with Crippen molar-refractivity contribution in [2.75, 3.05) is 7.11 Å². The fourth-order valence-electron chi connectivity index (χ4n) is 2.61. The van der Waals surface area contributed by atoms with Crippen LogP contribution in [-0.2, 0) is 9.53 Å². The Labute approximate surface area is 113 Å². The Kier molecular flexibility index (Phi) is 4.65. The highest BCUT2D eigenvalue weighted by Crippen LogP contribution is 2.33. The fraction of sp³-hybridized carbons (Fsp3) is 0.533. The first-order valence-electron chi connectivity index (χ1n) is 6.54. The van der Waals surface area contributed by atoms with E-state index in [0.29, 0.717) is 5.92 Å². The summed E-state index contributed by atoms with van der Waals surface area (Å²) < 4.78 is 4.64. The van der Waals surface area contributed by atoms with Crippen molar-refractivity contribution >= 4 is 17.6 Å². The van der Waals surface area contributed by atoms with Crippen molar-refractivity contribution in [1.29, 1.82) is 0 Å². The van der Waals surface area contributed by atoms with Gasteiger partial charge in [0.15, 0.2) is 5.38 Å². The lowest BCUT2D eigenvalue weighted by molar-refractivity contribution is -0.140. The van der Waals surface area contributed by atoms with E-state index in [2.05, 4.69) is 16.9 Å². The summed E-state index contributed by atoms with van der Waals surface area (Å²) in [4.78, 5) is 11.3. The van der Waals surface area contributed by atoms with Gasteiger partial charge < -0.3 is 4.74 Å². The van der Waals surface area contributed by atoms with Crippen LogP contribution in [-0.4, -0.2) is 13.1 Å². The van der Waals surface area contributed by atoms with Gasteiger partial charge in [0, 0.05) is 0 Å². The van der Waals surface area contributed by atoms with Crippen molar-refractivity contribution < 1.29 is 9.53 Å². The van der Waals surface area contributed by atoms with E-state index < -0.39 is 11.3 Å². The second-order valence-electron chi connectivity index (χ2n) is 4.89. The molecule has 1 unspecified atom stereocenters. The minimum absolute atomic E-state index is 0.401. The third-order valence-corrected chi connectivity index (χ3v) is 4.14. The third-order valence-electron chi connectivity index (χ3n) is 3.71. The van der Waals surface area contributed by atoms with Crippen LogP contribution in [0.15, 0.2) is 24.3 Å². The molecule has 98 valence electrons. The summed E-state index contributed by atoms with van der Waals surface area (Å²) in [5, 5.41) is -0.699. The normalized spacial score (nSPS) is 18.3. The molecule has 0 N–H and O–H groups in total. The predicted octanol–water partition coefficient (Wildman–Crippen LogP) is 4.19. The summed E-state index contributed by atoms with van der Waals surface area (Å²) in [7, 11) is 1.36. The number of rotatable bonds is 3. The van der Waals surface area contributed by atoms with E-state index in [1.807, 2.05) is 12.1 Å². The van der Waals surface area contributed by atoms with Crippen molar-refractivity contribution in [3.8, 4) is 0 Å². The second-order valence-corrected chi connectivity index (χ2v) is 5.32. The van der Waals surface area contributed by atoms with Crippen molar-refractivity contribution in [3.63, 3.8) is 0 Å². The molecule has 1 fully saturated rings. The Balaban J connectivity index is 2.07. The number of hydrogen-bond donors (Lipinski definition) is 0. The molecule has 0 aromatic heterocycles. The fourth-order valence-corrected chi connectivity index (χ4v) is 2.85. The van der Waals surface area contributed by atoms with Gasteiger partial charge in [-0.25, -0.2) is 0 Å². The molecule has 1 aliphatic carbocycles. The maximum atomic E-state index is 11.3. The Morgan fingerprint density at radius 3 is 2.39 bits per heavy atom. The summed E-state index contributed by atoms with van der Waals surface area (Å²) in [5.41, 5.74) is 2.18. The molecule has 0 saturated heterocycles. The average molecular weight is 267 g/mol. The van der Waals surface area contributed by atoms with Gasteiger partial charge in [-0.2, -0.15) is 0 Å². The topological polar surface area (TPSA) is 26.3 Å². The van der Waals surface area contributed by atoms with Crippen LogP contribution >= 0.6 is 11.6 Å². The first-order valence-corrected chi connectivity index (χ1v) is 6.98. The Bertz CT molecular complexity index is 393. The number of halogens is 1. The third kappa shape index (κ3) is 3.05. The number of alkyl halides is 1. The Morgan fingerprint density at radius 1 is 1.22 bits per heavy atom. The standard InChI is InChI=1S/C15H19ClO2/c1-18-15(17)14(16)13-9-7-12(8-10-13)11-5-3-2-4-6-11/h7-11,14H,2-6H2,1H3. The highest BCUT2D eigenvalue weighted by molar-refractivity contribution is 6.29. The summed E-state index contributed by atoms with van der Waals surface area (Å²) in [6.07, 6.45) is 6.57. The van der Waals surface area contributed by atoms with Crippen molar-refractivity contribution in [1.82, 2.24) is 0 Å². The van der Waals surface area contributed by atoms with Crippen LogP contribution in [0.2, 0.25) is 0 Å². The summed E-state index contributed by atoms with van der Waals surface area (Å²) in [6, 6.07) is 8.09. The van der Waals surface area contributed by atoms with Gasteiger partial charge in [0.05, 0.1) is 7.11 Å². The van der Waals surface area contributed by atoms with Gasteiger partial charge in [0.2, 0.25) is 0 Å². The second kappa shape index (κ2) is 6.24. The van der Waals surface area contributed by atoms with Gasteiger partial charge in [-0.05, 0) is 29.9 Å². The largest absolute Gasteiger partial charge is 0.468 e. The molecular formula is C15H19ClO2. The molecular weight excluding hydrogens is 248 g/mol. The maximum absolute atomic E-state index is 11.3. The summed E-state index contributed by atoms with van der Waals surface area (Å²) >= 11 is 6.02. The predicted molar refractivity (Wildman–Crippen MR) is 72.9 cm³/mol. The molecule has 1 atom stereocenters. The smallest absolute Gasteiger partial charge is 0.328 e. The van der Waals surface area contributed by atoms with Crippen LogP contribution in [0.4, 0.5) is 0 Å². The zero-order valence-corrected chi connectivity index (χ0v) is 11.5. The number of carbonyl (C=O) groups is 1. The van der Waals surface area contributed by atoms with Crippen LogP contribution in [0, 0.1) is 0 Å². The molecule has 2 rings (SSSR count). The van der Waals surface area contributed by atoms with E-state index >= 15 is 0 Å². The number of ether oxygens (including phenoxy) is 1. The van der Waals surface area contributed by atoms with E-state index in [1.165, 1.54) is 44.8 Å². The number of hydrogen-bond acceptors (Lipinski definition) is 2. The van der Waals surface area contributed by atoms with E-state index in [4.69, 9.17) is 11.6 Å². The van der Waals surface area contributed by atoms with E-state index in [0.717, 1.165) is 5.56 Å². The van der Waals surface area contributed by atoms with Crippen LogP contribution in [0.25, 0.3) is 0 Å². The first kappa shape index (κ1) is 13.4. The van der Waals surface area contributed by atoms with Gasteiger partial charge in [-0.3, -0.25) is 4.79 Å². The quantitative estimate of drug-likeness (QED) is 0.606. The molecule has 0 aliphatic heterocycles. The molecule has 0 radical (unpaired) electrons. The lowest BCUT2D eigenvalue weighted by atomic mass is 9.84. The van der Waals surface area contributed by atoms with Crippen molar-refractivity contribution in [2.45, 2.75) is 43.4 Å². The highest BCUT2D eigenvalue weighted by atomic mass is 35.5. The zero-order valence-electron chi connectivity index (χ0n) is 10.7. The molecule has 1 saturated carbocycles. The molecule has 0 bridgehead atoms. The lowest BCUT2D eigenvalue weighted by Gasteiger charge is -2.22. The molecule has 3 heteroatoms.